The van der Waals surface area contributed by atoms with E-state index in [1.807, 2.05) is 25.1 Å². The largest absolute Gasteiger partial charge is 0.494 e. The molecule has 0 radical (unpaired) electrons. The van der Waals surface area contributed by atoms with Crippen molar-refractivity contribution in [2.24, 2.45) is 0 Å². The maximum Gasteiger partial charge on any atom is 0.220 e. The molecule has 2 aliphatic heterocycles. The third kappa shape index (κ3) is 4.61. The van der Waals surface area contributed by atoms with E-state index >= 15 is 0 Å². The number of amides is 1. The number of ether oxygens (including phenoxy) is 1. The first-order chi connectivity index (χ1) is 11.1. The Bertz CT molecular complexity index is 552. The highest BCUT2D eigenvalue weighted by molar-refractivity contribution is 6.31. The summed E-state index contributed by atoms with van der Waals surface area (Å²) in [7, 11) is 0. The molecule has 1 aromatic rings. The summed E-state index contributed by atoms with van der Waals surface area (Å²) in [6.07, 6.45) is 5.90. The third-order valence-electron chi connectivity index (χ3n) is 4.78. The van der Waals surface area contributed by atoms with Crippen molar-refractivity contribution in [2.75, 3.05) is 6.61 Å². The van der Waals surface area contributed by atoms with Crippen molar-refractivity contribution in [2.45, 2.75) is 63.6 Å². The van der Waals surface area contributed by atoms with Gasteiger partial charge in [0.2, 0.25) is 5.91 Å². The molecule has 2 saturated heterocycles. The molecular formula is C18H25ClN2O2. The number of hydrogen-bond donors (Lipinski definition) is 2. The van der Waals surface area contributed by atoms with Crippen molar-refractivity contribution in [1.82, 2.24) is 10.6 Å². The van der Waals surface area contributed by atoms with E-state index in [0.717, 1.165) is 35.6 Å². The molecule has 0 spiro atoms. The van der Waals surface area contributed by atoms with E-state index in [9.17, 15) is 4.79 Å². The van der Waals surface area contributed by atoms with Crippen LogP contribution in [-0.2, 0) is 4.79 Å². The van der Waals surface area contributed by atoms with Gasteiger partial charge in [0.05, 0.1) is 6.61 Å². The predicted molar refractivity (Wildman–Crippen MR) is 92.0 cm³/mol. The highest BCUT2D eigenvalue weighted by atomic mass is 35.5. The molecule has 126 valence electrons. The van der Waals surface area contributed by atoms with Gasteiger partial charge in [0.25, 0.3) is 0 Å². The summed E-state index contributed by atoms with van der Waals surface area (Å²) in [5.74, 6) is 0.953. The van der Waals surface area contributed by atoms with Crippen LogP contribution in [-0.4, -0.2) is 30.6 Å². The molecule has 2 fully saturated rings. The first kappa shape index (κ1) is 16.6. The quantitative estimate of drug-likeness (QED) is 0.784. The Morgan fingerprint density at radius 3 is 2.78 bits per heavy atom. The lowest BCUT2D eigenvalue weighted by Gasteiger charge is -2.29. The molecule has 2 bridgehead atoms. The zero-order valence-corrected chi connectivity index (χ0v) is 14.4. The van der Waals surface area contributed by atoms with Gasteiger partial charge in [-0.15, -0.1) is 0 Å². The molecule has 23 heavy (non-hydrogen) atoms. The minimum atomic E-state index is 0.146. The average Bonchev–Trinajstić information content (AvgIpc) is 2.86. The summed E-state index contributed by atoms with van der Waals surface area (Å²) in [5, 5.41) is 7.52. The summed E-state index contributed by atoms with van der Waals surface area (Å²) in [5.41, 5.74) is 1.00. The molecule has 1 aromatic carbocycles. The molecule has 0 aliphatic carbocycles. The van der Waals surface area contributed by atoms with Crippen LogP contribution in [0.2, 0.25) is 5.02 Å². The van der Waals surface area contributed by atoms with Crippen molar-refractivity contribution in [3.8, 4) is 5.75 Å². The van der Waals surface area contributed by atoms with Gasteiger partial charge in [0.15, 0.2) is 0 Å². The molecule has 5 heteroatoms. The van der Waals surface area contributed by atoms with Gasteiger partial charge in [0, 0.05) is 29.6 Å². The molecule has 3 rings (SSSR count). The third-order valence-corrected chi connectivity index (χ3v) is 5.21. The molecule has 0 aromatic heterocycles. The molecule has 1 amide bonds. The van der Waals surface area contributed by atoms with E-state index in [4.69, 9.17) is 16.3 Å². The van der Waals surface area contributed by atoms with Crippen LogP contribution in [0.25, 0.3) is 0 Å². The first-order valence-electron chi connectivity index (χ1n) is 8.54. The fourth-order valence-corrected chi connectivity index (χ4v) is 3.72. The number of halogens is 1. The number of rotatable bonds is 6. The Labute approximate surface area is 142 Å². The van der Waals surface area contributed by atoms with Crippen molar-refractivity contribution in [1.29, 1.82) is 0 Å². The van der Waals surface area contributed by atoms with Crippen LogP contribution in [0.3, 0.4) is 0 Å². The van der Waals surface area contributed by atoms with E-state index in [2.05, 4.69) is 10.6 Å². The minimum Gasteiger partial charge on any atom is -0.494 e. The Hall–Kier alpha value is -1.26. The fourth-order valence-electron chi connectivity index (χ4n) is 3.60. The summed E-state index contributed by atoms with van der Waals surface area (Å²) in [6.45, 7) is 2.50. The van der Waals surface area contributed by atoms with Crippen LogP contribution < -0.4 is 15.4 Å². The SMILES string of the molecule is Cc1cc(OCCCC(=O)NC2CC3CCC(C2)N3)ccc1Cl. The maximum atomic E-state index is 12.1. The number of nitrogens with one attached hydrogen (secondary N) is 2. The number of hydrogen-bond acceptors (Lipinski definition) is 3. The van der Waals surface area contributed by atoms with Gasteiger partial charge in [-0.1, -0.05) is 11.6 Å². The van der Waals surface area contributed by atoms with Crippen molar-refractivity contribution in [3.05, 3.63) is 28.8 Å². The van der Waals surface area contributed by atoms with Crippen LogP contribution in [0.4, 0.5) is 0 Å². The Morgan fingerprint density at radius 1 is 1.35 bits per heavy atom. The number of piperidine rings is 1. The zero-order valence-electron chi connectivity index (χ0n) is 13.6. The minimum absolute atomic E-state index is 0.146. The summed E-state index contributed by atoms with van der Waals surface area (Å²) in [4.78, 5) is 12.1. The van der Waals surface area contributed by atoms with Crippen LogP contribution >= 0.6 is 11.6 Å². The van der Waals surface area contributed by atoms with Crippen molar-refractivity contribution in [3.63, 3.8) is 0 Å². The van der Waals surface area contributed by atoms with Gasteiger partial charge in [0.1, 0.15) is 5.75 Å². The fraction of sp³-hybridized carbons (Fsp3) is 0.611. The lowest BCUT2D eigenvalue weighted by Crippen LogP contribution is -2.48. The second kappa shape index (κ2) is 7.54. The first-order valence-corrected chi connectivity index (χ1v) is 8.92. The second-order valence-corrected chi connectivity index (χ2v) is 7.14. The highest BCUT2D eigenvalue weighted by Gasteiger charge is 2.33. The highest BCUT2D eigenvalue weighted by Crippen LogP contribution is 2.26. The molecule has 2 aliphatic rings. The van der Waals surface area contributed by atoms with Crippen LogP contribution in [0.15, 0.2) is 18.2 Å². The average molecular weight is 337 g/mol. The second-order valence-electron chi connectivity index (χ2n) is 6.74. The molecule has 2 N–H and O–H groups in total. The van der Waals surface area contributed by atoms with Crippen LogP contribution in [0.5, 0.6) is 5.75 Å². The topological polar surface area (TPSA) is 50.4 Å². The van der Waals surface area contributed by atoms with Gasteiger partial charge >= 0.3 is 0 Å². The van der Waals surface area contributed by atoms with Crippen LogP contribution in [0, 0.1) is 6.92 Å². The zero-order chi connectivity index (χ0) is 16.2. The normalized spacial score (nSPS) is 26.1. The van der Waals surface area contributed by atoms with Crippen molar-refractivity contribution >= 4 is 17.5 Å². The number of carbonyl (C=O) groups is 1. The van der Waals surface area contributed by atoms with E-state index in [1.165, 1.54) is 12.8 Å². The number of fused-ring (bicyclic) bond motifs is 2. The van der Waals surface area contributed by atoms with Gasteiger partial charge < -0.3 is 15.4 Å². The smallest absolute Gasteiger partial charge is 0.220 e. The number of carbonyl (C=O) groups excluding carboxylic acids is 1. The lowest BCUT2D eigenvalue weighted by atomic mass is 9.99. The standard InChI is InChI=1S/C18H25ClN2O2/c1-12-9-16(6-7-17(12)19)23-8-2-3-18(22)21-15-10-13-4-5-14(11-15)20-13/h6-7,9,13-15,20H,2-5,8,10-11H2,1H3,(H,21,22). The van der Waals surface area contributed by atoms with Gasteiger partial charge in [-0.3, -0.25) is 4.79 Å². The molecule has 2 heterocycles. The van der Waals surface area contributed by atoms with Gasteiger partial charge in [-0.25, -0.2) is 0 Å². The number of aryl methyl sites for hydroxylation is 1. The Morgan fingerprint density at radius 2 is 2.09 bits per heavy atom. The van der Waals surface area contributed by atoms with E-state index in [-0.39, 0.29) is 5.91 Å². The van der Waals surface area contributed by atoms with E-state index in [1.54, 1.807) is 0 Å². The van der Waals surface area contributed by atoms with E-state index in [0.29, 0.717) is 31.2 Å². The molecule has 4 nitrogen and oxygen atoms in total. The Balaban J connectivity index is 1.34. The van der Waals surface area contributed by atoms with Gasteiger partial charge in [-0.2, -0.15) is 0 Å². The monoisotopic (exact) mass is 336 g/mol. The molecule has 2 atom stereocenters. The maximum absolute atomic E-state index is 12.1. The molecule has 0 saturated carbocycles. The van der Waals surface area contributed by atoms with Crippen LogP contribution in [0.1, 0.15) is 44.1 Å². The summed E-state index contributed by atoms with van der Waals surface area (Å²) >= 11 is 5.99. The summed E-state index contributed by atoms with van der Waals surface area (Å²) < 4.78 is 5.68. The molecule has 2 unspecified atom stereocenters. The lowest BCUT2D eigenvalue weighted by molar-refractivity contribution is -0.122. The summed E-state index contributed by atoms with van der Waals surface area (Å²) in [6, 6.07) is 7.18. The number of benzene rings is 1. The van der Waals surface area contributed by atoms with Crippen molar-refractivity contribution < 1.29 is 9.53 Å². The Kier molecular flexibility index (Phi) is 5.44. The van der Waals surface area contributed by atoms with Gasteiger partial charge in [-0.05, 0) is 62.8 Å². The van der Waals surface area contributed by atoms with E-state index < -0.39 is 0 Å². The predicted octanol–water partition coefficient (Wildman–Crippen LogP) is 3.21. The molecular weight excluding hydrogens is 312 g/mol.